The molecule has 0 aliphatic heterocycles. The van der Waals surface area contributed by atoms with Crippen molar-refractivity contribution in [2.24, 2.45) is 0 Å². The van der Waals surface area contributed by atoms with Crippen LogP contribution in [0.25, 0.3) is 22.0 Å². The smallest absolute Gasteiger partial charge is 0.328 e. The fraction of sp³-hybridized carbons (Fsp3) is 0.409. The summed E-state index contributed by atoms with van der Waals surface area (Å²) < 4.78 is 21.4. The number of esters is 1. The average Bonchev–Trinajstić information content (AvgIpc) is 2.98. The largest absolute Gasteiger partial charge is 0.459 e. The number of aromatic nitrogens is 4. The van der Waals surface area contributed by atoms with Gasteiger partial charge in [0.2, 0.25) is 0 Å². The third-order valence-corrected chi connectivity index (χ3v) is 4.45. The number of benzene rings is 1. The van der Waals surface area contributed by atoms with Crippen molar-refractivity contribution in [3.63, 3.8) is 0 Å². The standard InChI is InChI=1S/C22H25FN4O3/c1-12(23)17-7-15(16-9-24-14(3)25-10-16)8-18-20(13(2)28)26-27(21(17)18)11-19(29)30-22(4,5)6/h7-10,12H,11H2,1-6H3. The Hall–Kier alpha value is -3.16. The van der Waals surface area contributed by atoms with E-state index in [9.17, 15) is 14.0 Å². The average molecular weight is 412 g/mol. The molecule has 0 bridgehead atoms. The van der Waals surface area contributed by atoms with Crippen LogP contribution in [0.1, 0.15) is 62.7 Å². The lowest BCUT2D eigenvalue weighted by Crippen LogP contribution is -2.27. The van der Waals surface area contributed by atoms with Gasteiger partial charge in [-0.15, -0.1) is 0 Å². The molecule has 30 heavy (non-hydrogen) atoms. The van der Waals surface area contributed by atoms with Crippen LogP contribution in [0.5, 0.6) is 0 Å². The highest BCUT2D eigenvalue weighted by atomic mass is 19.1. The molecule has 158 valence electrons. The van der Waals surface area contributed by atoms with Gasteiger partial charge in [-0.1, -0.05) is 0 Å². The van der Waals surface area contributed by atoms with Crippen molar-refractivity contribution in [1.29, 1.82) is 0 Å². The molecule has 0 fully saturated rings. The monoisotopic (exact) mass is 412 g/mol. The normalized spacial score (nSPS) is 12.8. The molecule has 0 saturated heterocycles. The molecule has 0 radical (unpaired) electrons. The first kappa shape index (κ1) is 21.5. The molecule has 0 aliphatic rings. The Morgan fingerprint density at radius 3 is 2.33 bits per heavy atom. The van der Waals surface area contributed by atoms with Crippen LogP contribution in [0.4, 0.5) is 4.39 Å². The van der Waals surface area contributed by atoms with Crippen LogP contribution in [0.15, 0.2) is 24.5 Å². The minimum atomic E-state index is -1.35. The highest BCUT2D eigenvalue weighted by Crippen LogP contribution is 2.34. The van der Waals surface area contributed by atoms with Gasteiger partial charge in [0.25, 0.3) is 0 Å². The van der Waals surface area contributed by atoms with Crippen LogP contribution in [0, 0.1) is 6.92 Å². The van der Waals surface area contributed by atoms with Gasteiger partial charge < -0.3 is 4.74 Å². The predicted octanol–water partition coefficient (Wildman–Crippen LogP) is 4.38. The van der Waals surface area contributed by atoms with E-state index >= 15 is 0 Å². The van der Waals surface area contributed by atoms with Crippen LogP contribution in [0.3, 0.4) is 0 Å². The van der Waals surface area contributed by atoms with Crippen LogP contribution in [0.2, 0.25) is 0 Å². The first-order chi connectivity index (χ1) is 14.0. The van der Waals surface area contributed by atoms with Gasteiger partial charge in [-0.3, -0.25) is 14.3 Å². The van der Waals surface area contributed by atoms with Crippen LogP contribution < -0.4 is 0 Å². The first-order valence-corrected chi connectivity index (χ1v) is 9.66. The second-order valence-corrected chi connectivity index (χ2v) is 8.25. The van der Waals surface area contributed by atoms with E-state index in [4.69, 9.17) is 4.74 Å². The second-order valence-electron chi connectivity index (χ2n) is 8.25. The number of hydrogen-bond donors (Lipinski definition) is 0. The minimum Gasteiger partial charge on any atom is -0.459 e. The van der Waals surface area contributed by atoms with E-state index in [1.54, 1.807) is 52.2 Å². The number of rotatable bonds is 5. The van der Waals surface area contributed by atoms with Crippen LogP contribution in [-0.4, -0.2) is 37.1 Å². The van der Waals surface area contributed by atoms with Crippen molar-refractivity contribution >= 4 is 22.7 Å². The maximum atomic E-state index is 14.6. The molecule has 3 rings (SSSR count). The van der Waals surface area contributed by atoms with Gasteiger partial charge in [0.1, 0.15) is 29.8 Å². The summed E-state index contributed by atoms with van der Waals surface area (Å²) in [4.78, 5) is 33.0. The second kappa shape index (κ2) is 7.93. The lowest BCUT2D eigenvalue weighted by molar-refractivity contribution is -0.155. The molecule has 0 N–H and O–H groups in total. The summed E-state index contributed by atoms with van der Waals surface area (Å²) in [6.45, 7) is 9.63. The van der Waals surface area contributed by atoms with Gasteiger partial charge in [0.05, 0.1) is 5.52 Å². The van der Waals surface area contributed by atoms with Gasteiger partial charge in [0.15, 0.2) is 5.78 Å². The van der Waals surface area contributed by atoms with Crippen molar-refractivity contribution in [2.75, 3.05) is 0 Å². The Labute approximate surface area is 174 Å². The number of carbonyl (C=O) groups excluding carboxylic acids is 2. The number of halogens is 1. The number of alkyl halides is 1. The fourth-order valence-electron chi connectivity index (χ4n) is 3.23. The maximum absolute atomic E-state index is 14.6. The third-order valence-electron chi connectivity index (χ3n) is 4.45. The summed E-state index contributed by atoms with van der Waals surface area (Å²) in [7, 11) is 0. The van der Waals surface area contributed by atoms with Gasteiger partial charge in [-0.2, -0.15) is 5.10 Å². The molecule has 1 unspecified atom stereocenters. The van der Waals surface area contributed by atoms with Crippen molar-refractivity contribution in [3.8, 4) is 11.1 Å². The van der Waals surface area contributed by atoms with Crippen LogP contribution in [-0.2, 0) is 16.1 Å². The van der Waals surface area contributed by atoms with Crippen LogP contribution >= 0.6 is 0 Å². The molecule has 3 aromatic rings. The summed E-state index contributed by atoms with van der Waals surface area (Å²) in [6.07, 6.45) is 1.94. The first-order valence-electron chi connectivity index (χ1n) is 9.66. The number of carbonyl (C=O) groups is 2. The van der Waals surface area contributed by atoms with Crippen molar-refractivity contribution in [3.05, 3.63) is 41.6 Å². The van der Waals surface area contributed by atoms with E-state index < -0.39 is 17.7 Å². The van der Waals surface area contributed by atoms with Gasteiger partial charge in [-0.25, -0.2) is 14.4 Å². The minimum absolute atomic E-state index is 0.172. The summed E-state index contributed by atoms with van der Waals surface area (Å²) in [5.74, 6) is -0.179. The fourth-order valence-corrected chi connectivity index (χ4v) is 3.23. The molecule has 2 aromatic heterocycles. The zero-order valence-electron chi connectivity index (χ0n) is 18.0. The molecule has 1 atom stereocenters. The van der Waals surface area contributed by atoms with E-state index in [0.29, 0.717) is 33.4 Å². The molecular formula is C22H25FN4O3. The topological polar surface area (TPSA) is 87.0 Å². The van der Waals surface area contributed by atoms with E-state index in [-0.39, 0.29) is 18.0 Å². The van der Waals surface area contributed by atoms with E-state index in [2.05, 4.69) is 15.1 Å². The number of ketones is 1. The molecule has 0 amide bonds. The molecule has 0 spiro atoms. The predicted molar refractivity (Wildman–Crippen MR) is 111 cm³/mol. The Bertz CT molecular complexity index is 1110. The lowest BCUT2D eigenvalue weighted by Gasteiger charge is -2.19. The van der Waals surface area contributed by atoms with Crippen molar-refractivity contribution in [2.45, 2.75) is 59.9 Å². The number of hydrogen-bond acceptors (Lipinski definition) is 6. The lowest BCUT2D eigenvalue weighted by atomic mass is 9.98. The molecule has 0 saturated carbocycles. The molecule has 2 heterocycles. The SMILES string of the molecule is CC(=O)c1nn(CC(=O)OC(C)(C)C)c2c(C(C)F)cc(-c3cnc(C)nc3)cc12. The highest BCUT2D eigenvalue weighted by Gasteiger charge is 2.24. The van der Waals surface area contributed by atoms with Gasteiger partial charge in [0, 0.05) is 35.8 Å². The van der Waals surface area contributed by atoms with Crippen molar-refractivity contribution < 1.29 is 18.7 Å². The number of aryl methyl sites for hydroxylation is 1. The number of nitrogens with zero attached hydrogens (tertiary/aromatic N) is 4. The van der Waals surface area contributed by atoms with Gasteiger partial charge in [-0.05, 0) is 52.3 Å². The number of ether oxygens (including phenoxy) is 1. The number of fused-ring (bicyclic) bond motifs is 1. The number of Topliss-reactive ketones (excluding diaryl/α,β-unsaturated/α-hetero) is 1. The Kier molecular flexibility index (Phi) is 5.70. The Balaban J connectivity index is 2.21. The quantitative estimate of drug-likeness (QED) is 0.457. The van der Waals surface area contributed by atoms with Gasteiger partial charge >= 0.3 is 5.97 Å². The van der Waals surface area contributed by atoms with E-state index in [1.807, 2.05) is 0 Å². The third kappa shape index (κ3) is 4.53. The van der Waals surface area contributed by atoms with Crippen molar-refractivity contribution in [1.82, 2.24) is 19.7 Å². The molecular weight excluding hydrogens is 387 g/mol. The van der Waals surface area contributed by atoms with E-state index in [0.717, 1.165) is 0 Å². The summed E-state index contributed by atoms with van der Waals surface area (Å²) in [5, 5.41) is 4.79. The Morgan fingerprint density at radius 2 is 1.80 bits per heavy atom. The highest BCUT2D eigenvalue weighted by molar-refractivity contribution is 6.07. The summed E-state index contributed by atoms with van der Waals surface area (Å²) in [6, 6.07) is 3.43. The molecule has 8 heteroatoms. The molecule has 0 aliphatic carbocycles. The maximum Gasteiger partial charge on any atom is 0.328 e. The molecule has 7 nitrogen and oxygen atoms in total. The zero-order chi connectivity index (χ0) is 22.2. The summed E-state index contributed by atoms with van der Waals surface area (Å²) in [5.41, 5.74) is 1.59. The van der Waals surface area contributed by atoms with E-state index in [1.165, 1.54) is 18.5 Å². The molecule has 1 aromatic carbocycles. The Morgan fingerprint density at radius 1 is 1.17 bits per heavy atom. The zero-order valence-corrected chi connectivity index (χ0v) is 18.0. The summed E-state index contributed by atoms with van der Waals surface area (Å²) >= 11 is 0.